The molecule has 0 spiro atoms. The maximum atomic E-state index is 6.19. The fraction of sp³-hybridized carbons (Fsp3) is 0.333. The largest absolute Gasteiger partial charge is 0.493 e. The van der Waals surface area contributed by atoms with Gasteiger partial charge in [-0.05, 0) is 57.8 Å². The van der Waals surface area contributed by atoms with E-state index >= 15 is 0 Å². The molecule has 3 aromatic carbocycles. The second-order valence-electron chi connectivity index (χ2n) is 8.71. The molecule has 3 aromatic rings. The summed E-state index contributed by atoms with van der Waals surface area (Å²) in [5.74, 6) is 0.988. The van der Waals surface area contributed by atoms with E-state index in [0.29, 0.717) is 0 Å². The molecular formula is C27H33OSi. The van der Waals surface area contributed by atoms with Gasteiger partial charge in [0, 0.05) is 0 Å². The normalized spacial score (nSPS) is 11.7. The molecule has 0 aliphatic rings. The maximum absolute atomic E-state index is 6.19. The SMILES string of the molecule is CCc1cc(OCC(C)(C)[Si](C)C)ccc1-c1cccc(Cc2ccccc2)c1. The van der Waals surface area contributed by atoms with Gasteiger partial charge in [-0.15, -0.1) is 0 Å². The summed E-state index contributed by atoms with van der Waals surface area (Å²) in [6.45, 7) is 12.3. The Bertz CT molecular complexity index is 928. The highest BCUT2D eigenvalue weighted by atomic mass is 28.3. The predicted molar refractivity (Wildman–Crippen MR) is 128 cm³/mol. The molecule has 29 heavy (non-hydrogen) atoms. The van der Waals surface area contributed by atoms with E-state index in [1.54, 1.807) is 0 Å². The lowest BCUT2D eigenvalue weighted by Gasteiger charge is -2.28. The van der Waals surface area contributed by atoms with E-state index in [4.69, 9.17) is 4.74 Å². The number of hydrogen-bond acceptors (Lipinski definition) is 1. The summed E-state index contributed by atoms with van der Waals surface area (Å²) < 4.78 is 6.19. The highest BCUT2D eigenvalue weighted by Gasteiger charge is 2.24. The Morgan fingerprint density at radius 1 is 0.828 bits per heavy atom. The van der Waals surface area contributed by atoms with Gasteiger partial charge in [0.1, 0.15) is 5.75 Å². The van der Waals surface area contributed by atoms with Crippen molar-refractivity contribution in [1.82, 2.24) is 0 Å². The van der Waals surface area contributed by atoms with Crippen LogP contribution in [0, 0.1) is 0 Å². The number of aryl methyl sites for hydroxylation is 1. The summed E-state index contributed by atoms with van der Waals surface area (Å²) in [6.07, 6.45) is 1.96. The van der Waals surface area contributed by atoms with Crippen LogP contribution >= 0.6 is 0 Å². The van der Waals surface area contributed by atoms with Gasteiger partial charge in [-0.25, -0.2) is 0 Å². The van der Waals surface area contributed by atoms with Crippen LogP contribution in [0.25, 0.3) is 11.1 Å². The smallest absolute Gasteiger partial charge is 0.119 e. The monoisotopic (exact) mass is 401 g/mol. The van der Waals surface area contributed by atoms with Crippen LogP contribution < -0.4 is 4.74 Å². The fourth-order valence-corrected chi connectivity index (χ4v) is 3.68. The molecule has 2 heteroatoms. The Hall–Kier alpha value is -2.32. The molecule has 1 nitrogen and oxygen atoms in total. The van der Waals surface area contributed by atoms with E-state index in [1.807, 2.05) is 0 Å². The molecule has 0 saturated heterocycles. The van der Waals surface area contributed by atoms with Crippen molar-refractivity contribution in [2.24, 2.45) is 0 Å². The van der Waals surface area contributed by atoms with Gasteiger partial charge in [0.2, 0.25) is 0 Å². The molecule has 0 aliphatic carbocycles. The minimum atomic E-state index is -0.402. The minimum Gasteiger partial charge on any atom is -0.493 e. The molecular weight excluding hydrogens is 368 g/mol. The van der Waals surface area contributed by atoms with E-state index in [0.717, 1.165) is 25.2 Å². The van der Waals surface area contributed by atoms with Gasteiger partial charge in [-0.2, -0.15) is 0 Å². The molecule has 0 amide bonds. The Morgan fingerprint density at radius 2 is 1.55 bits per heavy atom. The number of rotatable bonds is 8. The topological polar surface area (TPSA) is 9.23 Å². The zero-order chi connectivity index (χ0) is 20.9. The third-order valence-corrected chi connectivity index (χ3v) is 8.75. The van der Waals surface area contributed by atoms with Crippen LogP contribution in [-0.4, -0.2) is 15.4 Å². The first-order chi connectivity index (χ1) is 13.9. The van der Waals surface area contributed by atoms with Crippen LogP contribution in [0.3, 0.4) is 0 Å². The van der Waals surface area contributed by atoms with Crippen molar-refractivity contribution in [2.45, 2.75) is 51.7 Å². The Labute approximate surface area is 178 Å². The Kier molecular flexibility index (Phi) is 6.97. The van der Waals surface area contributed by atoms with Crippen LogP contribution in [0.4, 0.5) is 0 Å². The summed E-state index contributed by atoms with van der Waals surface area (Å²) in [5.41, 5.74) is 6.63. The molecule has 0 bridgehead atoms. The van der Waals surface area contributed by atoms with E-state index < -0.39 is 8.80 Å². The summed E-state index contributed by atoms with van der Waals surface area (Å²) >= 11 is 0. The molecule has 0 aromatic heterocycles. The van der Waals surface area contributed by atoms with Crippen LogP contribution in [0.2, 0.25) is 18.1 Å². The lowest BCUT2D eigenvalue weighted by atomic mass is 9.95. The average molecular weight is 402 g/mol. The van der Waals surface area contributed by atoms with Crippen LogP contribution in [0.15, 0.2) is 72.8 Å². The lowest BCUT2D eigenvalue weighted by Crippen LogP contribution is -2.27. The number of benzene rings is 3. The molecule has 0 fully saturated rings. The van der Waals surface area contributed by atoms with Gasteiger partial charge in [-0.1, -0.05) is 94.5 Å². The first-order valence-corrected chi connectivity index (χ1v) is 13.1. The molecule has 0 heterocycles. The molecule has 1 radical (unpaired) electrons. The predicted octanol–water partition coefficient (Wildman–Crippen LogP) is 7.42. The zero-order valence-corrected chi connectivity index (χ0v) is 19.5. The molecule has 3 rings (SSSR count). The molecule has 0 aliphatic heterocycles. The van der Waals surface area contributed by atoms with Crippen molar-refractivity contribution >= 4 is 8.80 Å². The first kappa shape index (κ1) is 21.4. The van der Waals surface area contributed by atoms with Crippen molar-refractivity contribution in [3.63, 3.8) is 0 Å². The van der Waals surface area contributed by atoms with Gasteiger partial charge < -0.3 is 4.74 Å². The van der Waals surface area contributed by atoms with Crippen LogP contribution in [0.1, 0.15) is 37.5 Å². The zero-order valence-electron chi connectivity index (χ0n) is 18.5. The fourth-order valence-electron chi connectivity index (χ4n) is 3.32. The third kappa shape index (κ3) is 5.60. The molecule has 0 unspecified atom stereocenters. The lowest BCUT2D eigenvalue weighted by molar-refractivity contribution is 0.276. The third-order valence-electron chi connectivity index (χ3n) is 5.90. The van der Waals surface area contributed by atoms with Gasteiger partial charge in [0.25, 0.3) is 0 Å². The minimum absolute atomic E-state index is 0.265. The summed E-state index contributed by atoms with van der Waals surface area (Å²) in [7, 11) is -0.402. The molecule has 0 saturated carbocycles. The number of hydrogen-bond donors (Lipinski definition) is 0. The van der Waals surface area contributed by atoms with Gasteiger partial charge in [-0.3, -0.25) is 0 Å². The standard InChI is InChI=1S/C27H33OSi/c1-6-23-19-25(28-20-27(2,3)29(4)5)15-16-26(23)24-14-10-13-22(18-24)17-21-11-8-7-9-12-21/h7-16,18-19H,6,17,20H2,1-5H3. The highest BCUT2D eigenvalue weighted by molar-refractivity contribution is 6.59. The number of ether oxygens (including phenoxy) is 1. The highest BCUT2D eigenvalue weighted by Crippen LogP contribution is 2.32. The van der Waals surface area contributed by atoms with Crippen molar-refractivity contribution in [1.29, 1.82) is 0 Å². The second kappa shape index (κ2) is 9.45. The summed E-state index contributed by atoms with van der Waals surface area (Å²) in [4.78, 5) is 0. The van der Waals surface area contributed by atoms with E-state index in [-0.39, 0.29) is 5.04 Å². The summed E-state index contributed by atoms with van der Waals surface area (Å²) in [5, 5.41) is 0.265. The average Bonchev–Trinajstić information content (AvgIpc) is 2.73. The van der Waals surface area contributed by atoms with E-state index in [1.165, 1.54) is 27.8 Å². The molecule has 0 atom stereocenters. The van der Waals surface area contributed by atoms with Gasteiger partial charge in [0.05, 0.1) is 15.4 Å². The molecule has 0 N–H and O–H groups in total. The van der Waals surface area contributed by atoms with Crippen LogP contribution in [0.5, 0.6) is 5.75 Å². The van der Waals surface area contributed by atoms with Crippen molar-refractivity contribution in [2.75, 3.05) is 6.61 Å². The van der Waals surface area contributed by atoms with Gasteiger partial charge >= 0.3 is 0 Å². The van der Waals surface area contributed by atoms with E-state index in [2.05, 4.69) is 107 Å². The Morgan fingerprint density at radius 3 is 2.24 bits per heavy atom. The quantitative estimate of drug-likeness (QED) is 0.357. The molecule has 151 valence electrons. The summed E-state index contributed by atoms with van der Waals surface area (Å²) in [6, 6.07) is 26.2. The Balaban J connectivity index is 1.81. The van der Waals surface area contributed by atoms with Crippen molar-refractivity contribution < 1.29 is 4.74 Å². The maximum Gasteiger partial charge on any atom is 0.119 e. The van der Waals surface area contributed by atoms with Crippen molar-refractivity contribution in [3.8, 4) is 16.9 Å². The second-order valence-corrected chi connectivity index (χ2v) is 12.1. The van der Waals surface area contributed by atoms with E-state index in [9.17, 15) is 0 Å². The van der Waals surface area contributed by atoms with Crippen molar-refractivity contribution in [3.05, 3.63) is 89.5 Å². The van der Waals surface area contributed by atoms with Gasteiger partial charge in [0.15, 0.2) is 0 Å². The van der Waals surface area contributed by atoms with Crippen LogP contribution in [-0.2, 0) is 12.8 Å². The first-order valence-electron chi connectivity index (χ1n) is 10.6.